The number of hydrogen-bond acceptors (Lipinski definition) is 8. The molecule has 3 saturated heterocycles. The molecule has 11 nitrogen and oxygen atoms in total. The fourth-order valence-corrected chi connectivity index (χ4v) is 9.84. The van der Waals surface area contributed by atoms with Crippen LogP contribution in [0.1, 0.15) is 46.0 Å². The van der Waals surface area contributed by atoms with E-state index >= 15 is 0 Å². The molecule has 3 N–H and O–H groups in total. The molecule has 234 valence electrons. The fraction of sp³-hybridized carbons (Fsp3) is 0.531. The maximum absolute atomic E-state index is 14.3. The molecule has 0 aliphatic carbocycles. The number of benzene rings is 2. The van der Waals surface area contributed by atoms with Gasteiger partial charge in [0.25, 0.3) is 0 Å². The minimum absolute atomic E-state index is 0.0529. The Balaban J connectivity index is 1.25. The van der Waals surface area contributed by atoms with Crippen LogP contribution in [-0.2, 0) is 21.1 Å². The molecule has 3 aromatic rings. The number of unbranched alkanes of at least 4 members (excludes halogenated alkanes) is 3. The molecule has 3 fully saturated rings. The normalized spacial score (nSPS) is 27.1. The fourth-order valence-electron chi connectivity index (χ4n) is 7.42. The van der Waals surface area contributed by atoms with Gasteiger partial charge in [-0.15, -0.1) is 16.9 Å². The van der Waals surface area contributed by atoms with Crippen LogP contribution in [0.3, 0.4) is 0 Å². The van der Waals surface area contributed by atoms with Crippen molar-refractivity contribution in [2.75, 3.05) is 25.1 Å². The molecule has 4 heterocycles. The molecule has 3 amide bonds. The first-order valence-electron chi connectivity index (χ1n) is 15.6. The Labute approximate surface area is 261 Å². The van der Waals surface area contributed by atoms with Gasteiger partial charge in [-0.05, 0) is 68.5 Å². The number of nitrogens with zero attached hydrogens (tertiary/aromatic N) is 4. The van der Waals surface area contributed by atoms with Crippen LogP contribution in [0.5, 0.6) is 5.75 Å². The first-order valence-corrected chi connectivity index (χ1v) is 16.5. The number of hydrogen-bond donors (Lipinski definition) is 3. The number of rotatable bonds is 13. The molecular weight excluding hydrogens is 580 g/mol. The molecule has 2 aromatic carbocycles. The van der Waals surface area contributed by atoms with Crippen molar-refractivity contribution in [3.63, 3.8) is 0 Å². The smallest absolute Gasteiger partial charge is 0.245 e. The third kappa shape index (κ3) is 5.32. The molecule has 2 bridgehead atoms. The van der Waals surface area contributed by atoms with Gasteiger partial charge in [-0.1, -0.05) is 37.1 Å². The summed E-state index contributed by atoms with van der Waals surface area (Å²) >= 11 is 1.66. The van der Waals surface area contributed by atoms with Crippen molar-refractivity contribution >= 4 is 46.2 Å². The third-order valence-corrected chi connectivity index (χ3v) is 11.4. The van der Waals surface area contributed by atoms with Crippen molar-refractivity contribution in [1.82, 2.24) is 25.2 Å². The van der Waals surface area contributed by atoms with Gasteiger partial charge in [-0.3, -0.25) is 14.4 Å². The quantitative estimate of drug-likeness (QED) is 0.247. The monoisotopic (exact) mass is 620 g/mol. The average molecular weight is 621 g/mol. The maximum Gasteiger partial charge on any atom is 0.245 e. The van der Waals surface area contributed by atoms with Gasteiger partial charge in [0.2, 0.25) is 17.7 Å². The minimum Gasteiger partial charge on any atom is -0.494 e. The predicted molar refractivity (Wildman–Crippen MR) is 168 cm³/mol. The second-order valence-corrected chi connectivity index (χ2v) is 13.5. The van der Waals surface area contributed by atoms with E-state index in [1.54, 1.807) is 33.5 Å². The average Bonchev–Trinajstić information content (AvgIpc) is 3.74. The number of likely N-dealkylation sites (tertiary alicyclic amines) is 1. The highest BCUT2D eigenvalue weighted by Crippen LogP contribution is 2.68. The molecule has 1 aromatic heterocycles. The summed E-state index contributed by atoms with van der Waals surface area (Å²) in [6.07, 6.45) is 3.88. The number of ether oxygens (including phenoxy) is 1. The molecule has 0 radical (unpaired) electrons. The molecule has 44 heavy (non-hydrogen) atoms. The molecule has 1 spiro atoms. The number of aliphatic hydroxyl groups is 1. The van der Waals surface area contributed by atoms with Crippen molar-refractivity contribution in [3.05, 3.63) is 48.5 Å². The zero-order chi connectivity index (χ0) is 30.8. The van der Waals surface area contributed by atoms with E-state index in [0.29, 0.717) is 25.3 Å². The van der Waals surface area contributed by atoms with Crippen LogP contribution >= 0.6 is 11.8 Å². The van der Waals surface area contributed by atoms with Crippen LogP contribution in [0.15, 0.2) is 48.5 Å². The SMILES string of the molecule is CCOc1ccc(NC(=O)[C@@H]2[C@H]3C(=O)N(CCCCCCO)C(C(=O)NCn4nnc5ccccc54)C34S[C@@H]2CC4C)cc1. The summed E-state index contributed by atoms with van der Waals surface area (Å²) < 4.78 is 6.47. The standard InChI is InChI=1S/C32H40N6O5S/c1-3-43-22-14-12-21(13-15-22)34-29(40)26-25-18-20(2)32(44-25)27(26)31(42)37(16-8-4-5-9-17-39)28(32)30(41)33-19-38-24-11-7-6-10-23(24)35-36-38/h6-7,10-15,20,25-28,39H,3-5,8-9,16-19H2,1-2H3,(H,33,41)(H,34,40)/t20?,25-,26+,27+,28?,32?/m1/s1. The highest BCUT2D eigenvalue weighted by atomic mass is 32.2. The van der Waals surface area contributed by atoms with Crippen molar-refractivity contribution < 1.29 is 24.2 Å². The maximum atomic E-state index is 14.3. The summed E-state index contributed by atoms with van der Waals surface area (Å²) in [6, 6.07) is 14.1. The van der Waals surface area contributed by atoms with Crippen LogP contribution in [0, 0.1) is 17.8 Å². The summed E-state index contributed by atoms with van der Waals surface area (Å²) in [5.74, 6) is -0.869. The van der Waals surface area contributed by atoms with Crippen LogP contribution in [0.2, 0.25) is 0 Å². The summed E-state index contributed by atoms with van der Waals surface area (Å²) in [5.41, 5.74) is 2.19. The van der Waals surface area contributed by atoms with Gasteiger partial charge in [0.1, 0.15) is 24.0 Å². The molecular formula is C32H40N6O5S. The predicted octanol–water partition coefficient (Wildman–Crippen LogP) is 3.43. The number of amides is 3. The van der Waals surface area contributed by atoms with Gasteiger partial charge < -0.3 is 25.4 Å². The summed E-state index contributed by atoms with van der Waals surface area (Å²) in [7, 11) is 0. The lowest BCUT2D eigenvalue weighted by Gasteiger charge is -2.38. The largest absolute Gasteiger partial charge is 0.494 e. The van der Waals surface area contributed by atoms with Gasteiger partial charge in [0, 0.05) is 24.1 Å². The van der Waals surface area contributed by atoms with E-state index in [9.17, 15) is 19.5 Å². The van der Waals surface area contributed by atoms with E-state index in [1.165, 1.54) is 0 Å². The van der Waals surface area contributed by atoms with E-state index < -0.39 is 22.6 Å². The Morgan fingerprint density at radius 2 is 1.86 bits per heavy atom. The van der Waals surface area contributed by atoms with Gasteiger partial charge in [-0.25, -0.2) is 4.68 Å². The molecule has 0 saturated carbocycles. The second kappa shape index (κ2) is 12.8. The first kappa shape index (κ1) is 30.4. The van der Waals surface area contributed by atoms with Crippen molar-refractivity contribution in [2.24, 2.45) is 17.8 Å². The summed E-state index contributed by atoms with van der Waals surface area (Å²) in [6.45, 7) is 5.27. The van der Waals surface area contributed by atoms with Gasteiger partial charge >= 0.3 is 0 Å². The number of fused-ring (bicyclic) bond motifs is 2. The number of aromatic nitrogens is 3. The Hall–Kier alpha value is -3.64. The van der Waals surface area contributed by atoms with Crippen molar-refractivity contribution in [2.45, 2.75) is 68.7 Å². The Kier molecular flexibility index (Phi) is 8.82. The van der Waals surface area contributed by atoms with Gasteiger partial charge in [0.15, 0.2) is 0 Å². The summed E-state index contributed by atoms with van der Waals surface area (Å²) in [5, 5.41) is 23.6. The van der Waals surface area contributed by atoms with Crippen molar-refractivity contribution in [3.8, 4) is 5.75 Å². The van der Waals surface area contributed by atoms with E-state index in [4.69, 9.17) is 4.74 Å². The highest BCUT2D eigenvalue weighted by molar-refractivity contribution is 8.02. The van der Waals surface area contributed by atoms with Crippen LogP contribution in [0.4, 0.5) is 5.69 Å². The van der Waals surface area contributed by atoms with Crippen LogP contribution in [0.25, 0.3) is 11.0 Å². The Morgan fingerprint density at radius 3 is 2.64 bits per heavy atom. The van der Waals surface area contributed by atoms with E-state index in [1.807, 2.05) is 43.3 Å². The van der Waals surface area contributed by atoms with E-state index in [-0.39, 0.29) is 42.2 Å². The number of carbonyl (C=O) groups excluding carboxylic acids is 3. The lowest BCUT2D eigenvalue weighted by molar-refractivity contribution is -0.139. The number of thioether (sulfide) groups is 1. The van der Waals surface area contributed by atoms with E-state index in [0.717, 1.165) is 42.5 Å². The number of nitrogens with one attached hydrogen (secondary N) is 2. The molecule has 6 atom stereocenters. The van der Waals surface area contributed by atoms with E-state index in [2.05, 4.69) is 27.9 Å². The third-order valence-electron chi connectivity index (χ3n) is 9.36. The topological polar surface area (TPSA) is 139 Å². The summed E-state index contributed by atoms with van der Waals surface area (Å²) in [4.78, 5) is 44.1. The minimum atomic E-state index is -0.707. The van der Waals surface area contributed by atoms with Crippen LogP contribution < -0.4 is 15.4 Å². The van der Waals surface area contributed by atoms with Gasteiger partial charge in [0.05, 0.1) is 28.7 Å². The Bertz CT molecular complexity index is 1510. The number of para-hydroxylation sites is 1. The lowest BCUT2D eigenvalue weighted by atomic mass is 9.66. The highest BCUT2D eigenvalue weighted by Gasteiger charge is 2.75. The second-order valence-electron chi connectivity index (χ2n) is 11.9. The molecule has 3 aliphatic rings. The number of carbonyl (C=O) groups is 3. The Morgan fingerprint density at radius 1 is 1.09 bits per heavy atom. The molecule has 3 unspecified atom stereocenters. The lowest BCUT2D eigenvalue weighted by Crippen LogP contribution is -2.56. The van der Waals surface area contributed by atoms with Crippen molar-refractivity contribution in [1.29, 1.82) is 0 Å². The number of aliphatic hydroxyl groups excluding tert-OH is 1. The zero-order valence-corrected chi connectivity index (χ0v) is 26.0. The first-order chi connectivity index (χ1) is 21.4. The number of anilines is 1. The van der Waals surface area contributed by atoms with Crippen LogP contribution in [-0.4, -0.2) is 78.5 Å². The molecule has 6 rings (SSSR count). The van der Waals surface area contributed by atoms with Gasteiger partial charge in [-0.2, -0.15) is 0 Å². The molecule has 12 heteroatoms. The molecule has 3 aliphatic heterocycles. The zero-order valence-electron chi connectivity index (χ0n) is 25.1.